The number of nitrogens with zero attached hydrogens (tertiary/aromatic N) is 2. The van der Waals surface area contributed by atoms with E-state index in [4.69, 9.17) is 0 Å². The zero-order chi connectivity index (χ0) is 22.5. The van der Waals surface area contributed by atoms with E-state index in [1.54, 1.807) is 48.7 Å². The van der Waals surface area contributed by atoms with Gasteiger partial charge >= 0.3 is 0 Å². The Morgan fingerprint density at radius 2 is 1.76 bits per heavy atom. The van der Waals surface area contributed by atoms with Gasteiger partial charge in [0.05, 0.1) is 23.1 Å². The summed E-state index contributed by atoms with van der Waals surface area (Å²) < 4.78 is 13.8. The lowest BCUT2D eigenvalue weighted by atomic mass is 10.1. The van der Waals surface area contributed by atoms with Crippen LogP contribution in [0.15, 0.2) is 85.1 Å². The molecule has 7 heteroatoms. The molecule has 160 valence electrons. The van der Waals surface area contributed by atoms with Crippen LogP contribution in [0.2, 0.25) is 0 Å². The van der Waals surface area contributed by atoms with Crippen molar-refractivity contribution in [3.63, 3.8) is 0 Å². The third kappa shape index (κ3) is 3.05. The molecular formula is C26H17FN4O2. The second-order valence-corrected chi connectivity index (χ2v) is 7.90. The van der Waals surface area contributed by atoms with Gasteiger partial charge in [0.1, 0.15) is 17.6 Å². The Balaban J connectivity index is 1.36. The number of rotatable bonds is 3. The number of aromatic nitrogens is 2. The van der Waals surface area contributed by atoms with E-state index in [-0.39, 0.29) is 11.6 Å². The molecule has 0 bridgehead atoms. The van der Waals surface area contributed by atoms with Crippen LogP contribution in [0, 0.1) is 5.82 Å². The highest BCUT2D eigenvalue weighted by atomic mass is 19.1. The van der Waals surface area contributed by atoms with Gasteiger partial charge in [-0.05, 0) is 36.4 Å². The Kier molecular flexibility index (Phi) is 4.23. The Hall–Kier alpha value is -4.52. The summed E-state index contributed by atoms with van der Waals surface area (Å²) in [7, 11) is 0. The van der Waals surface area contributed by atoms with Crippen LogP contribution >= 0.6 is 0 Å². The molecule has 1 atom stereocenters. The molecule has 0 aliphatic carbocycles. The van der Waals surface area contributed by atoms with Gasteiger partial charge < -0.3 is 10.3 Å². The zero-order valence-electron chi connectivity index (χ0n) is 17.2. The second kappa shape index (κ2) is 7.27. The fourth-order valence-corrected chi connectivity index (χ4v) is 4.42. The van der Waals surface area contributed by atoms with Crippen LogP contribution in [0.4, 0.5) is 15.8 Å². The molecule has 0 spiro atoms. The number of benzene rings is 3. The molecule has 5 aromatic rings. The van der Waals surface area contributed by atoms with Crippen LogP contribution in [0.25, 0.3) is 21.8 Å². The molecule has 1 unspecified atom stereocenters. The van der Waals surface area contributed by atoms with E-state index >= 15 is 0 Å². The van der Waals surface area contributed by atoms with Crippen molar-refractivity contribution in [2.45, 2.75) is 6.04 Å². The van der Waals surface area contributed by atoms with Crippen molar-refractivity contribution in [1.82, 2.24) is 15.3 Å². The monoisotopic (exact) mass is 436 g/mol. The quantitative estimate of drug-likeness (QED) is 0.418. The van der Waals surface area contributed by atoms with Crippen LogP contribution in [0.5, 0.6) is 0 Å². The fraction of sp³-hybridized carbons (Fsp3) is 0.0385. The van der Waals surface area contributed by atoms with Gasteiger partial charge in [0.25, 0.3) is 11.8 Å². The summed E-state index contributed by atoms with van der Waals surface area (Å²) in [6.07, 6.45) is 1.62. The molecule has 1 aliphatic heterocycles. The van der Waals surface area contributed by atoms with Crippen molar-refractivity contribution in [3.8, 4) is 0 Å². The van der Waals surface area contributed by atoms with Gasteiger partial charge in [0.2, 0.25) is 0 Å². The van der Waals surface area contributed by atoms with Crippen LogP contribution < -0.4 is 10.2 Å². The Bertz CT molecular complexity index is 1580. The van der Waals surface area contributed by atoms with E-state index in [1.807, 2.05) is 24.3 Å². The highest BCUT2D eigenvalue weighted by Gasteiger charge is 2.39. The lowest BCUT2D eigenvalue weighted by molar-refractivity contribution is -0.119. The van der Waals surface area contributed by atoms with E-state index < -0.39 is 17.8 Å². The van der Waals surface area contributed by atoms with Crippen molar-refractivity contribution in [1.29, 1.82) is 0 Å². The number of H-pyrrole nitrogens is 1. The molecule has 0 saturated heterocycles. The first-order chi connectivity index (χ1) is 16.1. The number of fused-ring (bicyclic) bond motifs is 4. The smallest absolute Gasteiger partial charge is 0.270 e. The Morgan fingerprint density at radius 1 is 0.939 bits per heavy atom. The van der Waals surface area contributed by atoms with Gasteiger partial charge in [-0.15, -0.1) is 0 Å². The van der Waals surface area contributed by atoms with E-state index in [2.05, 4.69) is 15.3 Å². The van der Waals surface area contributed by atoms with E-state index in [0.717, 1.165) is 21.8 Å². The maximum atomic E-state index is 13.8. The number of carbonyl (C=O) groups excluding carboxylic acids is 2. The number of para-hydroxylation sites is 2. The molecule has 33 heavy (non-hydrogen) atoms. The predicted molar refractivity (Wildman–Crippen MR) is 124 cm³/mol. The van der Waals surface area contributed by atoms with Crippen molar-refractivity contribution in [2.24, 2.45) is 0 Å². The van der Waals surface area contributed by atoms with Crippen LogP contribution in [-0.2, 0) is 4.79 Å². The third-order valence-corrected chi connectivity index (χ3v) is 5.92. The molecule has 3 aromatic carbocycles. The lowest BCUT2D eigenvalue weighted by Gasteiger charge is -2.18. The Labute approximate surface area is 187 Å². The number of pyridine rings is 1. The lowest BCUT2D eigenvalue weighted by Crippen LogP contribution is -2.36. The first-order valence-corrected chi connectivity index (χ1v) is 10.5. The molecule has 3 heterocycles. The minimum Gasteiger partial charge on any atom is -0.353 e. The molecule has 2 aromatic heterocycles. The van der Waals surface area contributed by atoms with Gasteiger partial charge in [0, 0.05) is 21.9 Å². The number of carbonyl (C=O) groups is 2. The molecule has 1 aliphatic rings. The number of hydrogen-bond donors (Lipinski definition) is 2. The van der Waals surface area contributed by atoms with Crippen molar-refractivity contribution >= 4 is 45.0 Å². The van der Waals surface area contributed by atoms with Gasteiger partial charge in [0.15, 0.2) is 0 Å². The summed E-state index contributed by atoms with van der Waals surface area (Å²) in [6, 6.07) is 21.6. The van der Waals surface area contributed by atoms with Crippen LogP contribution in [-0.4, -0.2) is 21.8 Å². The molecule has 6 nitrogen and oxygen atoms in total. The fourth-order valence-electron chi connectivity index (χ4n) is 4.42. The second-order valence-electron chi connectivity index (χ2n) is 7.90. The number of hydrogen-bond acceptors (Lipinski definition) is 3. The maximum Gasteiger partial charge on any atom is 0.270 e. The van der Waals surface area contributed by atoms with E-state index in [9.17, 15) is 14.0 Å². The summed E-state index contributed by atoms with van der Waals surface area (Å²) in [5, 5.41) is 4.69. The third-order valence-electron chi connectivity index (χ3n) is 5.92. The number of aromatic amines is 1. The largest absolute Gasteiger partial charge is 0.353 e. The average Bonchev–Trinajstić information content (AvgIpc) is 3.33. The molecule has 2 N–H and O–H groups in total. The first-order valence-electron chi connectivity index (χ1n) is 10.5. The summed E-state index contributed by atoms with van der Waals surface area (Å²) in [6.45, 7) is 0. The number of nitrogens with one attached hydrogen (secondary N) is 2. The van der Waals surface area contributed by atoms with Crippen LogP contribution in [0.3, 0.4) is 0 Å². The minimum atomic E-state index is -0.905. The summed E-state index contributed by atoms with van der Waals surface area (Å²) in [5.74, 6) is -1.26. The van der Waals surface area contributed by atoms with Gasteiger partial charge in [-0.25, -0.2) is 9.37 Å². The molecule has 0 saturated carbocycles. The summed E-state index contributed by atoms with van der Waals surface area (Å²) in [5.41, 5.74) is 3.65. The van der Waals surface area contributed by atoms with Gasteiger partial charge in [-0.2, -0.15) is 0 Å². The average molecular weight is 436 g/mol. The van der Waals surface area contributed by atoms with Crippen molar-refractivity contribution in [3.05, 3.63) is 102 Å². The Morgan fingerprint density at radius 3 is 2.64 bits per heavy atom. The number of amides is 2. The summed E-state index contributed by atoms with van der Waals surface area (Å²) >= 11 is 0. The first kappa shape index (κ1) is 19.2. The molecule has 6 rings (SSSR count). The highest BCUT2D eigenvalue weighted by molar-refractivity contribution is 6.13. The highest BCUT2D eigenvalue weighted by Crippen LogP contribution is 2.40. The SMILES string of the molecule is O=C(NC1C(=O)N(c2cccc(F)c2)c2ccccc21)c1cc2c(cn1)[nH]c1ccccc12. The summed E-state index contributed by atoms with van der Waals surface area (Å²) in [4.78, 5) is 35.5. The number of halogens is 1. The molecule has 2 amide bonds. The zero-order valence-corrected chi connectivity index (χ0v) is 17.2. The van der Waals surface area contributed by atoms with Crippen molar-refractivity contribution < 1.29 is 14.0 Å². The van der Waals surface area contributed by atoms with Crippen molar-refractivity contribution in [2.75, 3.05) is 4.90 Å². The maximum absolute atomic E-state index is 13.8. The van der Waals surface area contributed by atoms with Gasteiger partial charge in [-0.1, -0.05) is 42.5 Å². The predicted octanol–water partition coefficient (Wildman–Crippen LogP) is 5.00. The molecule has 0 radical (unpaired) electrons. The van der Waals surface area contributed by atoms with Crippen LogP contribution in [0.1, 0.15) is 22.1 Å². The normalized spacial score (nSPS) is 15.2. The standard InChI is InChI=1S/C26H17FN4O2/c27-15-6-5-7-16(12-15)31-23-11-4-2-9-18(23)24(26(31)33)30-25(32)21-13-19-17-8-1-3-10-20(17)29-22(19)14-28-21/h1-14,24,29H,(H,30,32). The topological polar surface area (TPSA) is 78.1 Å². The minimum absolute atomic E-state index is 0.210. The van der Waals surface area contributed by atoms with E-state index in [0.29, 0.717) is 16.9 Å². The molecule has 0 fully saturated rings. The molecular weight excluding hydrogens is 419 g/mol. The van der Waals surface area contributed by atoms with E-state index in [1.165, 1.54) is 17.0 Å². The van der Waals surface area contributed by atoms with Gasteiger partial charge in [-0.3, -0.25) is 14.5 Å². The number of anilines is 2.